The highest BCUT2D eigenvalue weighted by molar-refractivity contribution is 7.89. The van der Waals surface area contributed by atoms with E-state index in [9.17, 15) is 39.6 Å². The summed E-state index contributed by atoms with van der Waals surface area (Å²) in [6.45, 7) is 1.69. The highest BCUT2D eigenvalue weighted by atomic mass is 32.2. The molecule has 0 atom stereocenters. The molecule has 0 aromatic heterocycles. The van der Waals surface area contributed by atoms with Crippen molar-refractivity contribution in [3.05, 3.63) is 59.2 Å². The van der Waals surface area contributed by atoms with Gasteiger partial charge in [-0.2, -0.15) is 26.3 Å². The molecule has 1 amide bonds. The molecule has 0 fully saturated rings. The van der Waals surface area contributed by atoms with E-state index in [1.54, 1.807) is 6.92 Å². The van der Waals surface area contributed by atoms with Gasteiger partial charge < -0.3 is 5.32 Å². The summed E-state index contributed by atoms with van der Waals surface area (Å²) in [5.41, 5.74) is -4.02. The molecule has 29 heavy (non-hydrogen) atoms. The van der Waals surface area contributed by atoms with E-state index in [2.05, 4.69) is 4.72 Å². The highest BCUT2D eigenvalue weighted by Crippen LogP contribution is 2.37. The Morgan fingerprint density at radius 2 is 1.38 bits per heavy atom. The predicted octanol–water partition coefficient (Wildman–Crippen LogP) is 4.27. The smallest absolute Gasteiger partial charge is 0.322 e. The lowest BCUT2D eigenvalue weighted by Crippen LogP contribution is -2.23. The predicted molar refractivity (Wildman–Crippen MR) is 91.7 cm³/mol. The van der Waals surface area contributed by atoms with Gasteiger partial charge in [0.2, 0.25) is 10.0 Å². The zero-order valence-corrected chi connectivity index (χ0v) is 15.5. The van der Waals surface area contributed by atoms with E-state index in [1.807, 2.05) is 5.32 Å². The number of alkyl halides is 6. The Bertz CT molecular complexity index is 967. The van der Waals surface area contributed by atoms with E-state index in [0.717, 1.165) is 24.3 Å². The molecular formula is C17H14F6N2O3S. The first-order valence-electron chi connectivity index (χ1n) is 7.94. The van der Waals surface area contributed by atoms with Crippen LogP contribution in [0.2, 0.25) is 0 Å². The monoisotopic (exact) mass is 440 g/mol. The summed E-state index contributed by atoms with van der Waals surface area (Å²) in [5, 5.41) is 1.96. The molecule has 2 aromatic carbocycles. The lowest BCUT2D eigenvalue weighted by molar-refractivity contribution is -0.143. The molecular weight excluding hydrogens is 426 g/mol. The van der Waals surface area contributed by atoms with E-state index in [0.29, 0.717) is 12.1 Å². The third kappa shape index (κ3) is 5.70. The molecule has 0 aliphatic heterocycles. The largest absolute Gasteiger partial charge is 0.416 e. The summed E-state index contributed by atoms with van der Waals surface area (Å²) in [7, 11) is -3.79. The Morgan fingerprint density at radius 3 is 1.79 bits per heavy atom. The van der Waals surface area contributed by atoms with Crippen LogP contribution in [0, 0.1) is 0 Å². The van der Waals surface area contributed by atoms with Gasteiger partial charge in [0.1, 0.15) is 0 Å². The van der Waals surface area contributed by atoms with Crippen molar-refractivity contribution in [3.63, 3.8) is 0 Å². The first kappa shape index (κ1) is 22.7. The number of halogens is 6. The van der Waals surface area contributed by atoms with Crippen LogP contribution in [-0.2, 0) is 22.4 Å². The number of amides is 1. The molecule has 0 unspecified atom stereocenters. The van der Waals surface area contributed by atoms with Gasteiger partial charge in [-0.15, -0.1) is 0 Å². The topological polar surface area (TPSA) is 75.3 Å². The zero-order valence-electron chi connectivity index (χ0n) is 14.6. The van der Waals surface area contributed by atoms with Crippen LogP contribution in [0.5, 0.6) is 0 Å². The Labute approximate surface area is 161 Å². The Balaban J connectivity index is 2.33. The van der Waals surface area contributed by atoms with Crippen LogP contribution in [0.1, 0.15) is 28.4 Å². The number of hydrogen-bond donors (Lipinski definition) is 2. The third-order valence-electron chi connectivity index (χ3n) is 3.61. The van der Waals surface area contributed by atoms with Gasteiger partial charge in [-0.3, -0.25) is 4.79 Å². The van der Waals surface area contributed by atoms with E-state index in [-0.39, 0.29) is 23.1 Å². The minimum absolute atomic E-state index is 0.0595. The van der Waals surface area contributed by atoms with Crippen LogP contribution in [0.4, 0.5) is 32.0 Å². The van der Waals surface area contributed by atoms with Crippen molar-refractivity contribution in [2.75, 3.05) is 11.9 Å². The fourth-order valence-electron chi connectivity index (χ4n) is 2.29. The summed E-state index contributed by atoms with van der Waals surface area (Å²) in [6, 6.07) is 5.01. The molecule has 2 aromatic rings. The van der Waals surface area contributed by atoms with Crippen LogP contribution in [0.15, 0.2) is 47.4 Å². The average Bonchev–Trinajstić information content (AvgIpc) is 2.60. The van der Waals surface area contributed by atoms with Crippen molar-refractivity contribution in [2.45, 2.75) is 24.2 Å². The highest BCUT2D eigenvalue weighted by Gasteiger charge is 2.37. The minimum atomic E-state index is -5.05. The van der Waals surface area contributed by atoms with Gasteiger partial charge in [-0.05, 0) is 42.5 Å². The van der Waals surface area contributed by atoms with Crippen molar-refractivity contribution < 1.29 is 39.6 Å². The fourth-order valence-corrected chi connectivity index (χ4v) is 3.33. The van der Waals surface area contributed by atoms with Crippen molar-refractivity contribution in [3.8, 4) is 0 Å². The molecule has 0 aliphatic rings. The van der Waals surface area contributed by atoms with Crippen molar-refractivity contribution in [2.24, 2.45) is 0 Å². The van der Waals surface area contributed by atoms with E-state index in [4.69, 9.17) is 0 Å². The molecule has 0 radical (unpaired) electrons. The molecule has 0 heterocycles. The van der Waals surface area contributed by atoms with Gasteiger partial charge in [0.25, 0.3) is 5.91 Å². The van der Waals surface area contributed by atoms with Crippen molar-refractivity contribution >= 4 is 21.6 Å². The number of anilines is 1. The summed E-state index contributed by atoms with van der Waals surface area (Å²) < 4.78 is 103. The molecule has 0 saturated carbocycles. The Hall–Kier alpha value is -2.60. The maximum Gasteiger partial charge on any atom is 0.416 e. The van der Waals surface area contributed by atoms with Crippen LogP contribution in [0.3, 0.4) is 0 Å². The SMILES string of the molecule is CCNS(=O)(=O)c1ccc(C(=O)Nc2cc(C(F)(F)F)cc(C(F)(F)F)c2)cc1. The standard InChI is InChI=1S/C17H14F6N2O3S/c1-2-24-29(27,28)14-5-3-10(4-6-14)15(26)25-13-8-11(16(18,19)20)7-12(9-13)17(21,22)23/h3-9,24H,2H2,1H3,(H,25,26). The van der Waals surface area contributed by atoms with Crippen molar-refractivity contribution in [1.82, 2.24) is 4.72 Å². The first-order chi connectivity index (χ1) is 13.2. The number of hydrogen-bond acceptors (Lipinski definition) is 3. The summed E-state index contributed by atoms with van der Waals surface area (Å²) in [6.07, 6.45) is -10.1. The van der Waals surface area contributed by atoms with E-state index < -0.39 is 45.1 Å². The summed E-state index contributed by atoms with van der Waals surface area (Å²) in [4.78, 5) is 12.0. The van der Waals surface area contributed by atoms with E-state index in [1.165, 1.54) is 0 Å². The maximum absolute atomic E-state index is 12.9. The Morgan fingerprint density at radius 1 is 0.897 bits per heavy atom. The van der Waals surface area contributed by atoms with Crippen LogP contribution >= 0.6 is 0 Å². The minimum Gasteiger partial charge on any atom is -0.322 e. The van der Waals surface area contributed by atoms with Gasteiger partial charge >= 0.3 is 12.4 Å². The first-order valence-corrected chi connectivity index (χ1v) is 9.43. The van der Waals surface area contributed by atoms with Crippen LogP contribution < -0.4 is 10.0 Å². The lowest BCUT2D eigenvalue weighted by Gasteiger charge is -2.15. The van der Waals surface area contributed by atoms with Crippen molar-refractivity contribution in [1.29, 1.82) is 0 Å². The number of carbonyl (C=O) groups is 1. The molecule has 0 saturated heterocycles. The second-order valence-electron chi connectivity index (χ2n) is 5.77. The second kappa shape index (κ2) is 8.03. The molecule has 12 heteroatoms. The fraction of sp³-hybridized carbons (Fsp3) is 0.235. The maximum atomic E-state index is 12.9. The summed E-state index contributed by atoms with van der Waals surface area (Å²) >= 11 is 0. The molecule has 2 N–H and O–H groups in total. The number of sulfonamides is 1. The van der Waals surface area contributed by atoms with Gasteiger partial charge in [0, 0.05) is 17.8 Å². The molecule has 0 aliphatic carbocycles. The normalized spacial score (nSPS) is 12.7. The lowest BCUT2D eigenvalue weighted by atomic mass is 10.1. The molecule has 5 nitrogen and oxygen atoms in total. The quantitative estimate of drug-likeness (QED) is 0.682. The third-order valence-corrected chi connectivity index (χ3v) is 5.17. The number of carbonyl (C=O) groups excluding carboxylic acids is 1. The molecule has 2 rings (SSSR count). The van der Waals surface area contributed by atoms with Gasteiger partial charge in [0.05, 0.1) is 16.0 Å². The molecule has 0 bridgehead atoms. The molecule has 158 valence electrons. The van der Waals surface area contributed by atoms with Crippen LogP contribution in [-0.4, -0.2) is 20.9 Å². The number of rotatable bonds is 5. The van der Waals surface area contributed by atoms with E-state index >= 15 is 0 Å². The van der Waals surface area contributed by atoms with Gasteiger partial charge in [-0.25, -0.2) is 13.1 Å². The van der Waals surface area contributed by atoms with Gasteiger partial charge in [-0.1, -0.05) is 6.92 Å². The Kier molecular flexibility index (Phi) is 6.28. The average molecular weight is 440 g/mol. The van der Waals surface area contributed by atoms with Crippen LogP contribution in [0.25, 0.3) is 0 Å². The number of benzene rings is 2. The zero-order chi connectivity index (χ0) is 22.0. The molecule has 0 spiro atoms. The van der Waals surface area contributed by atoms with Gasteiger partial charge in [0.15, 0.2) is 0 Å². The second-order valence-corrected chi connectivity index (χ2v) is 7.54. The summed E-state index contributed by atoms with van der Waals surface area (Å²) in [5.74, 6) is -1.01. The number of nitrogens with one attached hydrogen (secondary N) is 2.